The van der Waals surface area contributed by atoms with Gasteiger partial charge in [0, 0.05) is 18.7 Å². The standard InChI is InChI=1S/C13H20N4O2S/c1-10-5-4-8-17(9-10)20(18,19)16-12-7-3-2-6-11(12)13(14)15/h2-3,6-7,10,16H,4-5,8-9H2,1H3,(H3,14,15). The summed E-state index contributed by atoms with van der Waals surface area (Å²) in [7, 11) is -3.59. The average molecular weight is 296 g/mol. The van der Waals surface area contributed by atoms with Crippen LogP contribution in [0.3, 0.4) is 0 Å². The minimum atomic E-state index is -3.59. The summed E-state index contributed by atoms with van der Waals surface area (Å²) in [4.78, 5) is 0. The van der Waals surface area contributed by atoms with Crippen molar-refractivity contribution in [3.8, 4) is 0 Å². The zero-order valence-corrected chi connectivity index (χ0v) is 12.3. The Bertz CT molecular complexity index is 600. The molecule has 110 valence electrons. The summed E-state index contributed by atoms with van der Waals surface area (Å²) in [5.41, 5.74) is 6.20. The first-order valence-electron chi connectivity index (χ1n) is 6.61. The lowest BCUT2D eigenvalue weighted by molar-refractivity contribution is 0.282. The van der Waals surface area contributed by atoms with Gasteiger partial charge in [0.2, 0.25) is 0 Å². The average Bonchev–Trinajstić information content (AvgIpc) is 2.38. The Balaban J connectivity index is 2.22. The Kier molecular flexibility index (Phi) is 4.29. The van der Waals surface area contributed by atoms with E-state index in [1.54, 1.807) is 24.3 Å². The van der Waals surface area contributed by atoms with Crippen molar-refractivity contribution in [3.63, 3.8) is 0 Å². The maximum Gasteiger partial charge on any atom is 0.301 e. The third-order valence-corrected chi connectivity index (χ3v) is 4.91. The van der Waals surface area contributed by atoms with Gasteiger partial charge in [-0.05, 0) is 30.9 Å². The molecule has 0 saturated carbocycles. The molecule has 1 aromatic rings. The number of amidine groups is 1. The Morgan fingerprint density at radius 3 is 2.80 bits per heavy atom. The lowest BCUT2D eigenvalue weighted by Crippen LogP contribution is -2.42. The highest BCUT2D eigenvalue weighted by Gasteiger charge is 2.27. The molecule has 2 rings (SSSR count). The van der Waals surface area contributed by atoms with Crippen LogP contribution < -0.4 is 10.5 Å². The van der Waals surface area contributed by atoms with E-state index in [-0.39, 0.29) is 5.84 Å². The fraction of sp³-hybridized carbons (Fsp3) is 0.462. The number of anilines is 1. The van der Waals surface area contributed by atoms with Crippen molar-refractivity contribution in [2.45, 2.75) is 19.8 Å². The molecule has 20 heavy (non-hydrogen) atoms. The first-order valence-corrected chi connectivity index (χ1v) is 8.05. The van der Waals surface area contributed by atoms with Crippen LogP contribution in [0.15, 0.2) is 24.3 Å². The van der Waals surface area contributed by atoms with E-state index in [1.807, 2.05) is 6.92 Å². The Morgan fingerprint density at radius 2 is 2.15 bits per heavy atom. The molecule has 7 heteroatoms. The molecule has 1 unspecified atom stereocenters. The smallest absolute Gasteiger partial charge is 0.301 e. The summed E-state index contributed by atoms with van der Waals surface area (Å²) >= 11 is 0. The van der Waals surface area contributed by atoms with Crippen molar-refractivity contribution in [3.05, 3.63) is 29.8 Å². The Hall–Kier alpha value is -1.60. The van der Waals surface area contributed by atoms with Crippen LogP contribution in [0.1, 0.15) is 25.3 Å². The van der Waals surface area contributed by atoms with Crippen LogP contribution in [0.5, 0.6) is 0 Å². The van der Waals surface area contributed by atoms with E-state index in [2.05, 4.69) is 4.72 Å². The van der Waals surface area contributed by atoms with Crippen molar-refractivity contribution in [2.75, 3.05) is 17.8 Å². The molecule has 1 saturated heterocycles. The molecule has 0 spiro atoms. The quantitative estimate of drug-likeness (QED) is 0.578. The first-order chi connectivity index (χ1) is 9.40. The SMILES string of the molecule is CC1CCCN(S(=O)(=O)Nc2ccccc2C(=N)N)C1. The van der Waals surface area contributed by atoms with Crippen molar-refractivity contribution < 1.29 is 8.42 Å². The van der Waals surface area contributed by atoms with Gasteiger partial charge in [-0.2, -0.15) is 12.7 Å². The monoisotopic (exact) mass is 296 g/mol. The summed E-state index contributed by atoms with van der Waals surface area (Å²) in [6.45, 7) is 3.10. The van der Waals surface area contributed by atoms with Crippen LogP contribution in [0.2, 0.25) is 0 Å². The molecule has 0 aromatic heterocycles. The zero-order chi connectivity index (χ0) is 14.8. The van der Waals surface area contributed by atoms with Crippen LogP contribution in [-0.2, 0) is 10.2 Å². The van der Waals surface area contributed by atoms with Gasteiger partial charge in [-0.1, -0.05) is 19.1 Å². The van der Waals surface area contributed by atoms with Crippen molar-refractivity contribution in [1.82, 2.24) is 4.31 Å². The van der Waals surface area contributed by atoms with Crippen LogP contribution in [0, 0.1) is 11.3 Å². The van der Waals surface area contributed by atoms with Gasteiger partial charge in [0.1, 0.15) is 5.84 Å². The molecule has 1 aliphatic heterocycles. The number of nitrogen functional groups attached to an aromatic ring is 1. The number of nitrogens with zero attached hydrogens (tertiary/aromatic N) is 1. The predicted molar refractivity (Wildman–Crippen MR) is 80.0 cm³/mol. The fourth-order valence-electron chi connectivity index (χ4n) is 2.38. The molecule has 0 amide bonds. The summed E-state index contributed by atoms with van der Waals surface area (Å²) in [5.74, 6) is 0.207. The van der Waals surface area contributed by atoms with E-state index in [9.17, 15) is 8.42 Å². The number of nitrogens with two attached hydrogens (primary N) is 1. The van der Waals surface area contributed by atoms with Crippen LogP contribution in [0.25, 0.3) is 0 Å². The van der Waals surface area contributed by atoms with Crippen molar-refractivity contribution >= 4 is 21.7 Å². The number of rotatable bonds is 4. The van der Waals surface area contributed by atoms with Crippen LogP contribution in [-0.4, -0.2) is 31.6 Å². The van der Waals surface area contributed by atoms with E-state index < -0.39 is 10.2 Å². The second-order valence-corrected chi connectivity index (χ2v) is 6.84. The van der Waals surface area contributed by atoms with Gasteiger partial charge in [-0.25, -0.2) is 0 Å². The molecule has 0 bridgehead atoms. The highest BCUT2D eigenvalue weighted by atomic mass is 32.2. The van der Waals surface area contributed by atoms with E-state index in [0.717, 1.165) is 12.8 Å². The molecule has 1 heterocycles. The lowest BCUT2D eigenvalue weighted by atomic mass is 10.0. The normalized spacial score (nSPS) is 20.6. The third kappa shape index (κ3) is 3.29. The molecule has 1 aliphatic rings. The van der Waals surface area contributed by atoms with Crippen LogP contribution in [0.4, 0.5) is 5.69 Å². The summed E-state index contributed by atoms with van der Waals surface area (Å²) in [5, 5.41) is 7.49. The van der Waals surface area contributed by atoms with E-state index in [1.165, 1.54) is 4.31 Å². The predicted octanol–water partition coefficient (Wildman–Crippen LogP) is 1.36. The number of piperidine rings is 1. The molecular formula is C13H20N4O2S. The minimum absolute atomic E-state index is 0.157. The van der Waals surface area contributed by atoms with E-state index in [0.29, 0.717) is 30.3 Å². The maximum absolute atomic E-state index is 12.4. The van der Waals surface area contributed by atoms with E-state index in [4.69, 9.17) is 11.1 Å². The fourth-order valence-corrected chi connectivity index (χ4v) is 3.78. The third-order valence-electron chi connectivity index (χ3n) is 3.42. The number of benzene rings is 1. The highest BCUT2D eigenvalue weighted by Crippen LogP contribution is 2.22. The molecular weight excluding hydrogens is 276 g/mol. The number of para-hydroxylation sites is 1. The number of nitrogens with one attached hydrogen (secondary N) is 2. The molecule has 4 N–H and O–H groups in total. The topological polar surface area (TPSA) is 99.3 Å². The first kappa shape index (κ1) is 14.8. The zero-order valence-electron chi connectivity index (χ0n) is 11.5. The van der Waals surface area contributed by atoms with Gasteiger partial charge in [0.15, 0.2) is 0 Å². The molecule has 0 radical (unpaired) electrons. The Morgan fingerprint density at radius 1 is 1.45 bits per heavy atom. The molecule has 1 fully saturated rings. The molecule has 0 aliphatic carbocycles. The molecule has 1 aromatic carbocycles. The van der Waals surface area contributed by atoms with Gasteiger partial charge in [0.05, 0.1) is 5.69 Å². The molecule has 1 atom stereocenters. The maximum atomic E-state index is 12.4. The summed E-state index contributed by atoms with van der Waals surface area (Å²) in [6.07, 6.45) is 1.92. The van der Waals surface area contributed by atoms with E-state index >= 15 is 0 Å². The van der Waals surface area contributed by atoms with Gasteiger partial charge < -0.3 is 5.73 Å². The van der Waals surface area contributed by atoms with Gasteiger partial charge in [-0.15, -0.1) is 0 Å². The lowest BCUT2D eigenvalue weighted by Gasteiger charge is -2.30. The highest BCUT2D eigenvalue weighted by molar-refractivity contribution is 7.90. The van der Waals surface area contributed by atoms with Gasteiger partial charge in [-0.3, -0.25) is 10.1 Å². The number of hydrogen-bond acceptors (Lipinski definition) is 3. The Labute approximate surface area is 119 Å². The second kappa shape index (κ2) is 5.80. The molecule has 6 nitrogen and oxygen atoms in total. The number of hydrogen-bond donors (Lipinski definition) is 3. The summed E-state index contributed by atoms with van der Waals surface area (Å²) in [6, 6.07) is 6.67. The van der Waals surface area contributed by atoms with Crippen molar-refractivity contribution in [1.29, 1.82) is 5.41 Å². The van der Waals surface area contributed by atoms with Crippen LogP contribution >= 0.6 is 0 Å². The van der Waals surface area contributed by atoms with Gasteiger partial charge >= 0.3 is 10.2 Å². The van der Waals surface area contributed by atoms with Gasteiger partial charge in [0.25, 0.3) is 0 Å². The minimum Gasteiger partial charge on any atom is -0.384 e. The van der Waals surface area contributed by atoms with Crippen molar-refractivity contribution in [2.24, 2.45) is 11.7 Å². The second-order valence-electron chi connectivity index (χ2n) is 5.17. The largest absolute Gasteiger partial charge is 0.384 e. The summed E-state index contributed by atoms with van der Waals surface area (Å²) < 4.78 is 28.8.